The first-order valence-corrected chi connectivity index (χ1v) is 8.45. The summed E-state index contributed by atoms with van der Waals surface area (Å²) in [6.07, 6.45) is 6.63. The van der Waals surface area contributed by atoms with Crippen molar-refractivity contribution < 1.29 is 4.79 Å². The van der Waals surface area contributed by atoms with Crippen molar-refractivity contribution in [3.8, 4) is 0 Å². The van der Waals surface area contributed by atoms with Gasteiger partial charge in [0.05, 0.1) is 5.54 Å². The third-order valence-electron chi connectivity index (χ3n) is 6.64. The van der Waals surface area contributed by atoms with Crippen molar-refractivity contribution in [1.82, 2.24) is 5.32 Å². The van der Waals surface area contributed by atoms with E-state index in [4.69, 9.17) is 5.73 Å². The summed E-state index contributed by atoms with van der Waals surface area (Å²) >= 11 is 0. The lowest BCUT2D eigenvalue weighted by Crippen LogP contribution is -2.59. The molecule has 0 saturated heterocycles. The highest BCUT2D eigenvalue weighted by Gasteiger charge is 2.51. The molecule has 0 aromatic heterocycles. The molecule has 4 aliphatic carbocycles. The van der Waals surface area contributed by atoms with Crippen LogP contribution in [0.25, 0.3) is 0 Å². The highest BCUT2D eigenvalue weighted by Crippen LogP contribution is 2.56. The second-order valence-electron chi connectivity index (χ2n) is 8.22. The van der Waals surface area contributed by atoms with Crippen LogP contribution in [-0.2, 0) is 4.79 Å². The Morgan fingerprint density at radius 2 is 1.65 bits per heavy atom. The summed E-state index contributed by atoms with van der Waals surface area (Å²) < 4.78 is 0. The highest BCUT2D eigenvalue weighted by molar-refractivity contribution is 5.80. The van der Waals surface area contributed by atoms with E-state index in [1.807, 2.05) is 0 Å². The quantitative estimate of drug-likeness (QED) is 0.830. The van der Waals surface area contributed by atoms with Gasteiger partial charge in [0.2, 0.25) is 5.91 Å². The van der Waals surface area contributed by atoms with Crippen LogP contribution in [0.3, 0.4) is 0 Å². The molecule has 4 saturated carbocycles. The molecule has 0 spiro atoms. The summed E-state index contributed by atoms with van der Waals surface area (Å²) in [4.78, 5) is 12.8. The fourth-order valence-electron chi connectivity index (χ4n) is 5.15. The Morgan fingerprint density at radius 1 is 1.15 bits per heavy atom. The van der Waals surface area contributed by atoms with Crippen LogP contribution in [0.2, 0.25) is 0 Å². The van der Waals surface area contributed by atoms with E-state index in [9.17, 15) is 4.79 Å². The molecule has 4 aliphatic rings. The lowest BCUT2D eigenvalue weighted by Gasteiger charge is -2.54. The van der Waals surface area contributed by atoms with Gasteiger partial charge in [0.1, 0.15) is 0 Å². The molecular weight excluding hydrogens is 248 g/mol. The molecule has 3 nitrogen and oxygen atoms in total. The highest BCUT2D eigenvalue weighted by atomic mass is 16.2. The molecule has 0 radical (unpaired) electrons. The summed E-state index contributed by atoms with van der Waals surface area (Å²) in [5, 5.41) is 3.31. The van der Waals surface area contributed by atoms with Crippen LogP contribution in [0, 0.1) is 35.5 Å². The molecule has 0 aromatic rings. The number of rotatable bonds is 4. The van der Waals surface area contributed by atoms with E-state index in [2.05, 4.69) is 26.1 Å². The first-order chi connectivity index (χ1) is 9.43. The Labute approximate surface area is 123 Å². The van der Waals surface area contributed by atoms with E-state index in [0.717, 1.165) is 11.8 Å². The van der Waals surface area contributed by atoms with Crippen LogP contribution in [0.15, 0.2) is 0 Å². The maximum absolute atomic E-state index is 12.8. The first-order valence-electron chi connectivity index (χ1n) is 8.45. The molecule has 20 heavy (non-hydrogen) atoms. The van der Waals surface area contributed by atoms with Gasteiger partial charge in [-0.05, 0) is 68.6 Å². The summed E-state index contributed by atoms with van der Waals surface area (Å²) in [5.74, 6) is 4.09. The Morgan fingerprint density at radius 3 is 2.05 bits per heavy atom. The van der Waals surface area contributed by atoms with Crippen LogP contribution < -0.4 is 11.1 Å². The topological polar surface area (TPSA) is 55.1 Å². The van der Waals surface area contributed by atoms with Crippen LogP contribution >= 0.6 is 0 Å². The average Bonchev–Trinajstić information content (AvgIpc) is 2.36. The SMILES string of the molecule is CC(C)C(C)(CN)NC(=O)C1C2CC3CC(C2)CC1C3. The molecule has 1 amide bonds. The Hall–Kier alpha value is -0.570. The van der Waals surface area contributed by atoms with E-state index in [0.29, 0.717) is 30.2 Å². The van der Waals surface area contributed by atoms with Gasteiger partial charge in [-0.2, -0.15) is 0 Å². The summed E-state index contributed by atoms with van der Waals surface area (Å²) in [6.45, 7) is 6.89. The number of hydrogen-bond acceptors (Lipinski definition) is 2. The zero-order valence-electron chi connectivity index (χ0n) is 13.2. The van der Waals surface area contributed by atoms with Crippen LogP contribution in [0.1, 0.15) is 52.9 Å². The van der Waals surface area contributed by atoms with Gasteiger partial charge in [0, 0.05) is 12.5 Å². The molecule has 4 fully saturated rings. The molecule has 0 heterocycles. The number of carbonyl (C=O) groups is 1. The molecule has 0 aliphatic heterocycles. The zero-order chi connectivity index (χ0) is 14.5. The van der Waals surface area contributed by atoms with Gasteiger partial charge in [-0.1, -0.05) is 13.8 Å². The second-order valence-corrected chi connectivity index (χ2v) is 8.22. The normalized spacial score (nSPS) is 41.8. The first kappa shape index (κ1) is 14.4. The molecule has 1 unspecified atom stereocenters. The van der Waals surface area contributed by atoms with Gasteiger partial charge in [-0.3, -0.25) is 4.79 Å². The minimum absolute atomic E-state index is 0.258. The Balaban J connectivity index is 1.71. The molecule has 3 heteroatoms. The number of amides is 1. The van der Waals surface area contributed by atoms with E-state index < -0.39 is 0 Å². The van der Waals surface area contributed by atoms with Crippen molar-refractivity contribution in [3.63, 3.8) is 0 Å². The Kier molecular flexibility index (Phi) is 3.60. The van der Waals surface area contributed by atoms with Gasteiger partial charge in [-0.15, -0.1) is 0 Å². The predicted molar refractivity (Wildman–Crippen MR) is 81.0 cm³/mol. The minimum atomic E-state index is -0.258. The smallest absolute Gasteiger partial charge is 0.224 e. The fourth-order valence-corrected chi connectivity index (χ4v) is 5.15. The molecule has 4 bridgehead atoms. The average molecular weight is 278 g/mol. The third kappa shape index (κ3) is 2.28. The van der Waals surface area contributed by atoms with Crippen molar-refractivity contribution >= 4 is 5.91 Å². The van der Waals surface area contributed by atoms with Gasteiger partial charge in [0.25, 0.3) is 0 Å². The zero-order valence-corrected chi connectivity index (χ0v) is 13.2. The summed E-state index contributed by atoms with van der Waals surface area (Å²) in [6, 6.07) is 0. The lowest BCUT2D eigenvalue weighted by atomic mass is 9.51. The standard InChI is InChI=1S/C17H30N2O/c1-10(2)17(3,9-18)19-16(20)15-13-5-11-4-12(7-13)8-14(15)6-11/h10-15H,4-9,18H2,1-3H3,(H,19,20). The number of carbonyl (C=O) groups excluding carboxylic acids is 1. The van der Waals surface area contributed by atoms with Crippen LogP contribution in [0.4, 0.5) is 0 Å². The minimum Gasteiger partial charge on any atom is -0.349 e. The van der Waals surface area contributed by atoms with E-state index in [-0.39, 0.29) is 11.5 Å². The number of hydrogen-bond donors (Lipinski definition) is 2. The molecule has 0 aromatic carbocycles. The van der Waals surface area contributed by atoms with Crippen LogP contribution in [-0.4, -0.2) is 18.0 Å². The van der Waals surface area contributed by atoms with Gasteiger partial charge in [0.15, 0.2) is 0 Å². The predicted octanol–water partition coefficient (Wildman–Crippen LogP) is 2.55. The van der Waals surface area contributed by atoms with Crippen molar-refractivity contribution in [2.75, 3.05) is 6.54 Å². The third-order valence-corrected chi connectivity index (χ3v) is 6.64. The van der Waals surface area contributed by atoms with E-state index in [1.165, 1.54) is 32.1 Å². The molecular formula is C17H30N2O. The van der Waals surface area contributed by atoms with Crippen molar-refractivity contribution in [1.29, 1.82) is 0 Å². The van der Waals surface area contributed by atoms with Crippen molar-refractivity contribution in [2.24, 2.45) is 41.2 Å². The van der Waals surface area contributed by atoms with Crippen LogP contribution in [0.5, 0.6) is 0 Å². The van der Waals surface area contributed by atoms with Gasteiger partial charge in [-0.25, -0.2) is 0 Å². The van der Waals surface area contributed by atoms with E-state index >= 15 is 0 Å². The molecule has 3 N–H and O–H groups in total. The molecule has 114 valence electrons. The van der Waals surface area contributed by atoms with Gasteiger partial charge >= 0.3 is 0 Å². The van der Waals surface area contributed by atoms with Crippen molar-refractivity contribution in [3.05, 3.63) is 0 Å². The lowest BCUT2D eigenvalue weighted by molar-refractivity contribution is -0.140. The molecule has 1 atom stereocenters. The molecule has 4 rings (SSSR count). The van der Waals surface area contributed by atoms with Gasteiger partial charge < -0.3 is 11.1 Å². The summed E-state index contributed by atoms with van der Waals surface area (Å²) in [7, 11) is 0. The largest absolute Gasteiger partial charge is 0.349 e. The Bertz CT molecular complexity index is 364. The fraction of sp³-hybridized carbons (Fsp3) is 0.941. The number of nitrogens with two attached hydrogens (primary N) is 1. The maximum atomic E-state index is 12.8. The second kappa shape index (κ2) is 5.01. The van der Waals surface area contributed by atoms with E-state index in [1.54, 1.807) is 0 Å². The summed E-state index contributed by atoms with van der Waals surface area (Å²) in [5.41, 5.74) is 5.66. The van der Waals surface area contributed by atoms with Crippen molar-refractivity contribution in [2.45, 2.75) is 58.4 Å². The number of nitrogens with one attached hydrogen (secondary N) is 1. The maximum Gasteiger partial charge on any atom is 0.224 e. The monoisotopic (exact) mass is 278 g/mol.